The fourth-order valence-corrected chi connectivity index (χ4v) is 3.86. The second-order valence-corrected chi connectivity index (χ2v) is 8.21. The molecular weight excluding hydrogens is 376 g/mol. The third-order valence-corrected chi connectivity index (χ3v) is 5.63. The van der Waals surface area contributed by atoms with Crippen LogP contribution >= 0.6 is 0 Å². The van der Waals surface area contributed by atoms with E-state index in [1.807, 2.05) is 43.3 Å². The van der Waals surface area contributed by atoms with Crippen LogP contribution in [0.25, 0.3) is 0 Å². The first kappa shape index (κ1) is 24.2. The standard InChI is InChI=1S/C23H40N6O/c1-5-21-11-6-7-14-29(21)16-13-26-23(24-2)27-18-19-9-8-10-20(17-19)22(30)25-12-15-28(3)4/h8-10,17,21H,5-7,11-16,18H2,1-4H3,(H,25,30)(H2,24,26,27). The van der Waals surface area contributed by atoms with Crippen LogP contribution < -0.4 is 16.0 Å². The van der Waals surface area contributed by atoms with Crippen molar-refractivity contribution in [1.82, 2.24) is 25.8 Å². The minimum Gasteiger partial charge on any atom is -0.355 e. The van der Waals surface area contributed by atoms with E-state index >= 15 is 0 Å². The molecule has 1 fully saturated rings. The maximum atomic E-state index is 12.3. The van der Waals surface area contributed by atoms with Crippen LogP contribution in [0, 0.1) is 0 Å². The molecule has 1 aliphatic heterocycles. The molecule has 2 rings (SSSR count). The number of guanidine groups is 1. The number of likely N-dealkylation sites (N-methyl/N-ethyl adjacent to an activating group) is 1. The molecular formula is C23H40N6O. The Kier molecular flexibility index (Phi) is 10.7. The first-order valence-electron chi connectivity index (χ1n) is 11.2. The summed E-state index contributed by atoms with van der Waals surface area (Å²) in [6, 6.07) is 8.46. The molecule has 1 aliphatic rings. The summed E-state index contributed by atoms with van der Waals surface area (Å²) in [7, 11) is 5.78. The van der Waals surface area contributed by atoms with Crippen molar-refractivity contribution in [2.24, 2.45) is 4.99 Å². The van der Waals surface area contributed by atoms with Gasteiger partial charge in [0.1, 0.15) is 0 Å². The van der Waals surface area contributed by atoms with E-state index < -0.39 is 0 Å². The number of rotatable bonds is 10. The molecule has 1 heterocycles. The molecule has 1 unspecified atom stereocenters. The maximum Gasteiger partial charge on any atom is 0.251 e. The molecule has 1 aromatic carbocycles. The van der Waals surface area contributed by atoms with Crippen LogP contribution in [-0.4, -0.2) is 81.6 Å². The third kappa shape index (κ3) is 8.32. The van der Waals surface area contributed by atoms with Gasteiger partial charge >= 0.3 is 0 Å². The van der Waals surface area contributed by atoms with E-state index in [0.29, 0.717) is 18.7 Å². The molecule has 3 N–H and O–H groups in total. The summed E-state index contributed by atoms with van der Waals surface area (Å²) in [5.41, 5.74) is 1.74. The van der Waals surface area contributed by atoms with Gasteiger partial charge in [0.05, 0.1) is 0 Å². The largest absolute Gasteiger partial charge is 0.355 e. The average Bonchev–Trinajstić information content (AvgIpc) is 2.76. The highest BCUT2D eigenvalue weighted by Gasteiger charge is 2.19. The lowest BCUT2D eigenvalue weighted by atomic mass is 10.0. The Labute approximate surface area is 182 Å². The zero-order chi connectivity index (χ0) is 21.8. The van der Waals surface area contributed by atoms with Crippen molar-refractivity contribution >= 4 is 11.9 Å². The fraction of sp³-hybridized carbons (Fsp3) is 0.652. The molecule has 1 atom stereocenters. The molecule has 1 saturated heterocycles. The number of carbonyl (C=O) groups excluding carboxylic acids is 1. The molecule has 30 heavy (non-hydrogen) atoms. The van der Waals surface area contributed by atoms with Gasteiger partial charge in [0.2, 0.25) is 0 Å². The summed E-state index contributed by atoms with van der Waals surface area (Å²) in [6.07, 6.45) is 5.22. The summed E-state index contributed by atoms with van der Waals surface area (Å²) in [6.45, 7) is 7.50. The Morgan fingerprint density at radius 2 is 2.03 bits per heavy atom. The zero-order valence-electron chi connectivity index (χ0n) is 19.2. The van der Waals surface area contributed by atoms with Crippen LogP contribution in [0.5, 0.6) is 0 Å². The predicted octanol–water partition coefficient (Wildman–Crippen LogP) is 1.91. The van der Waals surface area contributed by atoms with Gasteiger partial charge in [-0.1, -0.05) is 25.5 Å². The van der Waals surface area contributed by atoms with Gasteiger partial charge < -0.3 is 20.9 Å². The molecule has 7 nitrogen and oxygen atoms in total. The smallest absolute Gasteiger partial charge is 0.251 e. The molecule has 0 saturated carbocycles. The number of aliphatic imine (C=N–C) groups is 1. The van der Waals surface area contributed by atoms with Crippen LogP contribution in [0.3, 0.4) is 0 Å². The van der Waals surface area contributed by atoms with Crippen LogP contribution in [0.1, 0.15) is 48.5 Å². The minimum atomic E-state index is -0.0341. The van der Waals surface area contributed by atoms with E-state index in [9.17, 15) is 4.79 Å². The van der Waals surface area contributed by atoms with Crippen molar-refractivity contribution in [3.63, 3.8) is 0 Å². The Balaban J connectivity index is 1.77. The number of hydrogen-bond acceptors (Lipinski definition) is 4. The molecule has 168 valence electrons. The number of nitrogens with zero attached hydrogens (tertiary/aromatic N) is 3. The van der Waals surface area contributed by atoms with Gasteiger partial charge in [0.15, 0.2) is 5.96 Å². The second-order valence-electron chi connectivity index (χ2n) is 8.21. The summed E-state index contributed by atoms with van der Waals surface area (Å²) < 4.78 is 0. The summed E-state index contributed by atoms with van der Waals surface area (Å²) >= 11 is 0. The highest BCUT2D eigenvalue weighted by molar-refractivity contribution is 5.94. The predicted molar refractivity (Wildman–Crippen MR) is 125 cm³/mol. The Morgan fingerprint density at radius 1 is 1.20 bits per heavy atom. The first-order chi connectivity index (χ1) is 14.5. The van der Waals surface area contributed by atoms with Crippen molar-refractivity contribution in [2.45, 2.75) is 45.2 Å². The highest BCUT2D eigenvalue weighted by Crippen LogP contribution is 2.18. The number of likely N-dealkylation sites (tertiary alicyclic amines) is 1. The van der Waals surface area contributed by atoms with E-state index in [0.717, 1.165) is 37.2 Å². The molecule has 0 spiro atoms. The van der Waals surface area contributed by atoms with E-state index in [1.54, 1.807) is 7.05 Å². The number of hydrogen-bond donors (Lipinski definition) is 3. The number of nitrogens with one attached hydrogen (secondary N) is 3. The van der Waals surface area contributed by atoms with Gasteiger partial charge in [-0.3, -0.25) is 14.7 Å². The minimum absolute atomic E-state index is 0.0341. The molecule has 1 aromatic rings. The second kappa shape index (κ2) is 13.2. The number of piperidine rings is 1. The normalized spacial score (nSPS) is 17.8. The van der Waals surface area contributed by atoms with Crippen molar-refractivity contribution < 1.29 is 4.79 Å². The Bertz CT molecular complexity index is 675. The van der Waals surface area contributed by atoms with Crippen molar-refractivity contribution in [1.29, 1.82) is 0 Å². The van der Waals surface area contributed by atoms with Gasteiger partial charge in [-0.2, -0.15) is 0 Å². The molecule has 0 radical (unpaired) electrons. The highest BCUT2D eigenvalue weighted by atomic mass is 16.1. The van der Waals surface area contributed by atoms with Crippen LogP contribution in [0.4, 0.5) is 0 Å². The van der Waals surface area contributed by atoms with E-state index in [-0.39, 0.29) is 5.91 Å². The third-order valence-electron chi connectivity index (χ3n) is 5.63. The van der Waals surface area contributed by atoms with Gasteiger partial charge in [-0.15, -0.1) is 0 Å². The zero-order valence-corrected chi connectivity index (χ0v) is 19.2. The molecule has 7 heteroatoms. The summed E-state index contributed by atoms with van der Waals surface area (Å²) in [5.74, 6) is 0.758. The maximum absolute atomic E-state index is 12.3. The molecule has 0 aliphatic carbocycles. The summed E-state index contributed by atoms with van der Waals surface area (Å²) in [4.78, 5) is 21.3. The van der Waals surface area contributed by atoms with Crippen molar-refractivity contribution in [3.8, 4) is 0 Å². The molecule has 0 bridgehead atoms. The first-order valence-corrected chi connectivity index (χ1v) is 11.2. The van der Waals surface area contributed by atoms with Crippen molar-refractivity contribution in [3.05, 3.63) is 35.4 Å². The number of amides is 1. The number of carbonyl (C=O) groups is 1. The van der Waals surface area contributed by atoms with Crippen molar-refractivity contribution in [2.75, 3.05) is 53.9 Å². The lowest BCUT2D eigenvalue weighted by Gasteiger charge is -2.35. The SMILES string of the molecule is CCC1CCCCN1CCNC(=NC)NCc1cccc(C(=O)NCCN(C)C)c1. The van der Waals surface area contributed by atoms with E-state index in [1.165, 1.54) is 32.2 Å². The van der Waals surface area contributed by atoms with E-state index in [4.69, 9.17) is 0 Å². The molecule has 0 aromatic heterocycles. The monoisotopic (exact) mass is 416 g/mol. The topological polar surface area (TPSA) is 72.0 Å². The lowest BCUT2D eigenvalue weighted by molar-refractivity contribution is 0.0951. The van der Waals surface area contributed by atoms with Crippen LogP contribution in [-0.2, 0) is 6.54 Å². The van der Waals surface area contributed by atoms with Gasteiger partial charge in [0.25, 0.3) is 5.91 Å². The lowest BCUT2D eigenvalue weighted by Crippen LogP contribution is -2.45. The van der Waals surface area contributed by atoms with Crippen LogP contribution in [0.15, 0.2) is 29.3 Å². The quantitative estimate of drug-likeness (QED) is 0.401. The number of benzene rings is 1. The molecule has 1 amide bonds. The van der Waals surface area contributed by atoms with Gasteiger partial charge in [-0.25, -0.2) is 0 Å². The van der Waals surface area contributed by atoms with Gasteiger partial charge in [0, 0.05) is 51.4 Å². The average molecular weight is 417 g/mol. The summed E-state index contributed by atoms with van der Waals surface area (Å²) in [5, 5.41) is 9.73. The Morgan fingerprint density at radius 3 is 2.77 bits per heavy atom. The fourth-order valence-electron chi connectivity index (χ4n) is 3.86. The Hall–Kier alpha value is -2.12. The van der Waals surface area contributed by atoms with Crippen LogP contribution in [0.2, 0.25) is 0 Å². The van der Waals surface area contributed by atoms with Gasteiger partial charge in [-0.05, 0) is 57.6 Å². The van der Waals surface area contributed by atoms with E-state index in [2.05, 4.69) is 32.8 Å².